The molecule has 0 aliphatic heterocycles. The van der Waals surface area contributed by atoms with Crippen molar-refractivity contribution in [3.63, 3.8) is 0 Å². The second kappa shape index (κ2) is 14.3. The van der Waals surface area contributed by atoms with Gasteiger partial charge in [-0.15, -0.1) is 0 Å². The van der Waals surface area contributed by atoms with Crippen molar-refractivity contribution in [3.8, 4) is 0 Å². The van der Waals surface area contributed by atoms with Crippen LogP contribution in [-0.4, -0.2) is 43.3 Å². The minimum atomic E-state index is -0.912. The van der Waals surface area contributed by atoms with Crippen LogP contribution in [-0.2, 0) is 14.3 Å². The number of unbranched alkanes of at least 4 members (excludes halogenated alkanes) is 4. The van der Waals surface area contributed by atoms with Gasteiger partial charge in [0.25, 0.3) is 0 Å². The quantitative estimate of drug-likeness (QED) is 0.354. The first-order valence-corrected chi connectivity index (χ1v) is 9.68. The molecule has 24 heavy (non-hydrogen) atoms. The van der Waals surface area contributed by atoms with E-state index in [0.717, 1.165) is 45.1 Å². The largest absolute Gasteiger partial charge is 0.481 e. The molecule has 0 saturated carbocycles. The van der Waals surface area contributed by atoms with E-state index in [1.807, 2.05) is 14.0 Å². The highest BCUT2D eigenvalue weighted by Crippen LogP contribution is 2.20. The number of esters is 1. The van der Waals surface area contributed by atoms with Gasteiger partial charge in [-0.05, 0) is 19.8 Å². The summed E-state index contributed by atoms with van der Waals surface area (Å²) in [5.41, 5.74) is 0. The summed E-state index contributed by atoms with van der Waals surface area (Å²) < 4.78 is 5.61. The molecule has 3 unspecified atom stereocenters. The van der Waals surface area contributed by atoms with Gasteiger partial charge in [-0.2, -0.15) is 0 Å². The van der Waals surface area contributed by atoms with Crippen molar-refractivity contribution in [3.05, 3.63) is 0 Å². The van der Waals surface area contributed by atoms with Gasteiger partial charge in [0.1, 0.15) is 6.54 Å². The van der Waals surface area contributed by atoms with Crippen molar-refractivity contribution >= 4 is 11.9 Å². The zero-order valence-electron chi connectivity index (χ0n) is 16.1. The fraction of sp³-hybridized carbons (Fsp3) is 0.895. The van der Waals surface area contributed by atoms with Crippen LogP contribution in [0.25, 0.3) is 0 Å². The molecule has 142 valence electrons. The summed E-state index contributed by atoms with van der Waals surface area (Å²) in [6.07, 6.45) is 7.69. The van der Waals surface area contributed by atoms with Crippen LogP contribution >= 0.6 is 0 Å². The maximum Gasteiger partial charge on any atom is 0.309 e. The maximum absolute atomic E-state index is 12.6. The lowest BCUT2D eigenvalue weighted by molar-refractivity contribution is -0.880. The number of carbonyl (C=O) groups excluding carboxylic acids is 1. The van der Waals surface area contributed by atoms with Crippen molar-refractivity contribution in [2.75, 3.05) is 20.1 Å². The molecule has 0 spiro atoms. The van der Waals surface area contributed by atoms with Crippen molar-refractivity contribution in [1.82, 2.24) is 0 Å². The van der Waals surface area contributed by atoms with Gasteiger partial charge < -0.3 is 14.7 Å². The molecule has 0 aromatic rings. The van der Waals surface area contributed by atoms with E-state index in [2.05, 4.69) is 13.8 Å². The van der Waals surface area contributed by atoms with Crippen LogP contribution < -0.4 is 4.90 Å². The lowest BCUT2D eigenvalue weighted by atomic mass is 9.95. The molecule has 5 nitrogen and oxygen atoms in total. The summed E-state index contributed by atoms with van der Waals surface area (Å²) in [6.45, 7) is 7.75. The topological polar surface area (TPSA) is 68.0 Å². The number of carboxylic acid groups (broad SMARTS) is 1. The molecule has 0 aliphatic carbocycles. The summed E-state index contributed by atoms with van der Waals surface area (Å²) in [4.78, 5) is 24.8. The van der Waals surface area contributed by atoms with Crippen LogP contribution in [0.3, 0.4) is 0 Å². The number of aliphatic carboxylic acids is 1. The predicted octanol–water partition coefficient (Wildman–Crippen LogP) is 2.68. The lowest BCUT2D eigenvalue weighted by Gasteiger charge is -2.23. The number of likely N-dealkylation sites (N-methyl/N-ethyl adjacent to an activating group) is 1. The van der Waals surface area contributed by atoms with Gasteiger partial charge in [-0.1, -0.05) is 52.4 Å². The van der Waals surface area contributed by atoms with Crippen LogP contribution in [0.1, 0.15) is 78.6 Å². The Morgan fingerprint density at radius 1 is 1.00 bits per heavy atom. The molecule has 2 N–H and O–H groups in total. The fourth-order valence-electron chi connectivity index (χ4n) is 2.79. The number of rotatable bonds is 15. The number of hydrogen-bond acceptors (Lipinski definition) is 3. The predicted molar refractivity (Wildman–Crippen MR) is 96.2 cm³/mol. The molecule has 0 rings (SSSR count). The number of quaternary nitrogens is 1. The normalized spacial score (nSPS) is 14.8. The van der Waals surface area contributed by atoms with Crippen molar-refractivity contribution in [1.29, 1.82) is 0 Å². The second-order valence-corrected chi connectivity index (χ2v) is 6.86. The SMILES string of the molecule is CCCCCCC(CCCC)C(=O)OC(CC(=O)O)C[NH+](C)CC. The zero-order valence-corrected chi connectivity index (χ0v) is 16.1. The monoisotopic (exact) mass is 344 g/mol. The smallest absolute Gasteiger partial charge is 0.309 e. The van der Waals surface area contributed by atoms with E-state index in [4.69, 9.17) is 9.84 Å². The van der Waals surface area contributed by atoms with Gasteiger partial charge >= 0.3 is 11.9 Å². The molecular formula is C19H38NO4+. The minimum Gasteiger partial charge on any atom is -0.481 e. The van der Waals surface area contributed by atoms with E-state index in [0.29, 0.717) is 6.54 Å². The summed E-state index contributed by atoms with van der Waals surface area (Å²) in [7, 11) is 1.99. The number of nitrogens with one attached hydrogen (secondary N) is 1. The number of carbonyl (C=O) groups is 2. The summed E-state index contributed by atoms with van der Waals surface area (Å²) in [6, 6.07) is 0. The maximum atomic E-state index is 12.6. The molecule has 3 atom stereocenters. The van der Waals surface area contributed by atoms with E-state index in [1.165, 1.54) is 17.7 Å². The first-order chi connectivity index (χ1) is 11.4. The van der Waals surface area contributed by atoms with E-state index in [9.17, 15) is 9.59 Å². The Morgan fingerprint density at radius 3 is 2.17 bits per heavy atom. The number of hydrogen-bond donors (Lipinski definition) is 2. The van der Waals surface area contributed by atoms with E-state index < -0.39 is 12.1 Å². The molecule has 0 saturated heterocycles. The number of ether oxygens (including phenoxy) is 1. The summed E-state index contributed by atoms with van der Waals surface area (Å²) in [5.74, 6) is -1.19. The van der Waals surface area contributed by atoms with Crippen molar-refractivity contribution in [2.24, 2.45) is 5.92 Å². The second-order valence-electron chi connectivity index (χ2n) is 6.86. The van der Waals surface area contributed by atoms with Gasteiger partial charge in [-0.3, -0.25) is 9.59 Å². The molecule has 0 radical (unpaired) electrons. The average molecular weight is 345 g/mol. The van der Waals surface area contributed by atoms with Crippen LogP contribution in [0.15, 0.2) is 0 Å². The van der Waals surface area contributed by atoms with E-state index in [1.54, 1.807) is 0 Å². The molecule has 5 heteroatoms. The van der Waals surface area contributed by atoms with Crippen molar-refractivity contribution < 1.29 is 24.3 Å². The van der Waals surface area contributed by atoms with Crippen LogP contribution in [0.5, 0.6) is 0 Å². The Bertz CT molecular complexity index is 346. The Hall–Kier alpha value is -1.10. The molecule has 0 amide bonds. The first-order valence-electron chi connectivity index (χ1n) is 9.68. The third-order valence-electron chi connectivity index (χ3n) is 4.51. The number of carboxylic acids is 1. The molecule has 0 aromatic heterocycles. The van der Waals surface area contributed by atoms with Crippen LogP contribution in [0.2, 0.25) is 0 Å². The van der Waals surface area contributed by atoms with Crippen molar-refractivity contribution in [2.45, 2.75) is 84.7 Å². The first kappa shape index (κ1) is 22.9. The highest BCUT2D eigenvalue weighted by molar-refractivity contribution is 5.73. The van der Waals surface area contributed by atoms with Gasteiger partial charge in [-0.25, -0.2) is 0 Å². The molecule has 0 bridgehead atoms. The van der Waals surface area contributed by atoms with Gasteiger partial charge in [0, 0.05) is 0 Å². The van der Waals surface area contributed by atoms with Gasteiger partial charge in [0.15, 0.2) is 6.10 Å². The fourth-order valence-corrected chi connectivity index (χ4v) is 2.79. The van der Waals surface area contributed by atoms with Crippen LogP contribution in [0, 0.1) is 5.92 Å². The molecule has 0 aliphatic rings. The highest BCUT2D eigenvalue weighted by Gasteiger charge is 2.26. The minimum absolute atomic E-state index is 0.0833. The standard InChI is InChI=1S/C19H37NO4/c1-5-8-10-11-13-16(12-9-6-2)19(23)24-17(14-18(21)22)15-20(4)7-3/h16-17H,5-15H2,1-4H3,(H,21,22)/p+1. The lowest BCUT2D eigenvalue weighted by Crippen LogP contribution is -3.09. The van der Waals surface area contributed by atoms with E-state index in [-0.39, 0.29) is 18.3 Å². The van der Waals surface area contributed by atoms with E-state index >= 15 is 0 Å². The third-order valence-corrected chi connectivity index (χ3v) is 4.51. The third kappa shape index (κ3) is 11.4. The zero-order chi connectivity index (χ0) is 18.4. The molecule has 0 fully saturated rings. The molecule has 0 heterocycles. The summed E-state index contributed by atoms with van der Waals surface area (Å²) >= 11 is 0. The Morgan fingerprint density at radius 2 is 1.62 bits per heavy atom. The molecular weight excluding hydrogens is 306 g/mol. The average Bonchev–Trinajstić information content (AvgIpc) is 2.53. The Labute approximate surface area is 147 Å². The van der Waals surface area contributed by atoms with Crippen LogP contribution in [0.4, 0.5) is 0 Å². The Balaban J connectivity index is 4.64. The molecule has 0 aromatic carbocycles. The summed E-state index contributed by atoms with van der Waals surface area (Å²) in [5, 5.41) is 9.06. The Kier molecular flexibility index (Phi) is 13.6. The van der Waals surface area contributed by atoms with Gasteiger partial charge in [0.2, 0.25) is 0 Å². The highest BCUT2D eigenvalue weighted by atomic mass is 16.5. The van der Waals surface area contributed by atoms with Gasteiger partial charge in [0.05, 0.1) is 25.9 Å².